The van der Waals surface area contributed by atoms with Crippen molar-refractivity contribution in [3.63, 3.8) is 0 Å². The Morgan fingerprint density at radius 2 is 2.05 bits per heavy atom. The predicted octanol–water partition coefficient (Wildman–Crippen LogP) is 0.861. The van der Waals surface area contributed by atoms with Crippen molar-refractivity contribution in [2.24, 2.45) is 0 Å². The highest BCUT2D eigenvalue weighted by atomic mass is 32.2. The first kappa shape index (κ1) is 17.4. The van der Waals surface area contributed by atoms with Crippen LogP contribution in [-0.2, 0) is 16.6 Å². The number of anilines is 1. The SMILES string of the molecule is CCCn1nc(C)c([N+](=O)[O-])c1NCCS(=O)(=O)NCC. The Morgan fingerprint density at radius 1 is 1.38 bits per heavy atom. The van der Waals surface area contributed by atoms with E-state index in [1.54, 1.807) is 13.8 Å². The summed E-state index contributed by atoms with van der Waals surface area (Å²) in [4.78, 5) is 10.6. The van der Waals surface area contributed by atoms with E-state index < -0.39 is 14.9 Å². The minimum Gasteiger partial charge on any atom is -0.363 e. The zero-order chi connectivity index (χ0) is 16.0. The zero-order valence-electron chi connectivity index (χ0n) is 12.4. The van der Waals surface area contributed by atoms with Gasteiger partial charge in [0.05, 0.1) is 10.7 Å². The molecule has 1 aromatic rings. The third-order valence-electron chi connectivity index (χ3n) is 2.74. The van der Waals surface area contributed by atoms with Crippen molar-refractivity contribution in [3.05, 3.63) is 15.8 Å². The summed E-state index contributed by atoms with van der Waals surface area (Å²) in [6, 6.07) is 0. The van der Waals surface area contributed by atoms with Crippen LogP contribution in [0.1, 0.15) is 26.0 Å². The van der Waals surface area contributed by atoms with E-state index >= 15 is 0 Å². The highest BCUT2D eigenvalue weighted by molar-refractivity contribution is 7.89. The molecule has 9 nitrogen and oxygen atoms in total. The zero-order valence-corrected chi connectivity index (χ0v) is 13.2. The molecule has 0 aromatic carbocycles. The van der Waals surface area contributed by atoms with Crippen LogP contribution in [0.4, 0.5) is 11.5 Å². The Bertz CT molecular complexity index is 596. The molecule has 0 aliphatic rings. The number of aryl methyl sites for hydroxylation is 2. The van der Waals surface area contributed by atoms with Crippen molar-refractivity contribution >= 4 is 21.5 Å². The van der Waals surface area contributed by atoms with Crippen molar-refractivity contribution in [3.8, 4) is 0 Å². The van der Waals surface area contributed by atoms with Crippen molar-refractivity contribution in [1.29, 1.82) is 0 Å². The highest BCUT2D eigenvalue weighted by Crippen LogP contribution is 2.28. The van der Waals surface area contributed by atoms with E-state index in [9.17, 15) is 18.5 Å². The Balaban J connectivity index is 2.88. The normalized spacial score (nSPS) is 11.6. The molecule has 0 saturated heterocycles. The molecule has 1 aromatic heterocycles. The molecule has 0 atom stereocenters. The molecule has 10 heteroatoms. The summed E-state index contributed by atoms with van der Waals surface area (Å²) in [6.07, 6.45) is 0.767. The number of aromatic nitrogens is 2. The second-order valence-electron chi connectivity index (χ2n) is 4.51. The van der Waals surface area contributed by atoms with Gasteiger partial charge in [0.25, 0.3) is 0 Å². The number of sulfonamides is 1. The second kappa shape index (κ2) is 7.36. The van der Waals surface area contributed by atoms with Crippen LogP contribution in [0.25, 0.3) is 0 Å². The quantitative estimate of drug-likeness (QED) is 0.514. The predicted molar refractivity (Wildman–Crippen MR) is 79.9 cm³/mol. The van der Waals surface area contributed by atoms with E-state index in [1.807, 2.05) is 6.92 Å². The van der Waals surface area contributed by atoms with Crippen molar-refractivity contribution in [2.75, 3.05) is 24.2 Å². The molecule has 0 radical (unpaired) electrons. The van der Waals surface area contributed by atoms with Gasteiger partial charge in [0.2, 0.25) is 15.8 Å². The number of nitro groups is 1. The Labute approximate surface area is 123 Å². The molecule has 1 rings (SSSR count). The molecule has 1 heterocycles. The highest BCUT2D eigenvalue weighted by Gasteiger charge is 2.25. The standard InChI is InChI=1S/C11H21N5O4S/c1-4-7-15-11(10(16(17)18)9(3)14-15)12-6-8-21(19,20)13-5-2/h12-13H,4-8H2,1-3H3. The molecule has 0 fully saturated rings. The maximum absolute atomic E-state index is 11.5. The second-order valence-corrected chi connectivity index (χ2v) is 6.43. The molecule has 0 unspecified atom stereocenters. The third-order valence-corrected chi connectivity index (χ3v) is 4.21. The fourth-order valence-electron chi connectivity index (χ4n) is 1.94. The summed E-state index contributed by atoms with van der Waals surface area (Å²) < 4.78 is 27.0. The van der Waals surface area contributed by atoms with E-state index in [1.165, 1.54) is 4.68 Å². The van der Waals surface area contributed by atoms with Gasteiger partial charge in [0, 0.05) is 19.6 Å². The first-order valence-corrected chi connectivity index (χ1v) is 8.40. The lowest BCUT2D eigenvalue weighted by atomic mass is 10.4. The number of nitrogens with zero attached hydrogens (tertiary/aromatic N) is 3. The van der Waals surface area contributed by atoms with Crippen LogP contribution in [0.2, 0.25) is 0 Å². The maximum Gasteiger partial charge on any atom is 0.333 e. The van der Waals surface area contributed by atoms with Gasteiger partial charge < -0.3 is 5.32 Å². The van der Waals surface area contributed by atoms with Gasteiger partial charge in [-0.1, -0.05) is 13.8 Å². The van der Waals surface area contributed by atoms with Gasteiger partial charge in [-0.3, -0.25) is 10.1 Å². The van der Waals surface area contributed by atoms with E-state index in [-0.39, 0.29) is 23.8 Å². The van der Waals surface area contributed by atoms with Crippen LogP contribution in [0, 0.1) is 17.0 Å². The summed E-state index contributed by atoms with van der Waals surface area (Å²) in [7, 11) is -3.37. The van der Waals surface area contributed by atoms with E-state index in [0.717, 1.165) is 6.42 Å². The van der Waals surface area contributed by atoms with Crippen LogP contribution < -0.4 is 10.0 Å². The van der Waals surface area contributed by atoms with E-state index in [0.29, 0.717) is 18.8 Å². The first-order valence-electron chi connectivity index (χ1n) is 6.75. The van der Waals surface area contributed by atoms with Gasteiger partial charge in [0.1, 0.15) is 5.69 Å². The summed E-state index contributed by atoms with van der Waals surface area (Å²) in [6.45, 7) is 6.10. The largest absolute Gasteiger partial charge is 0.363 e. The number of hydrogen-bond donors (Lipinski definition) is 2. The monoisotopic (exact) mass is 319 g/mol. The molecule has 0 aliphatic heterocycles. The summed E-state index contributed by atoms with van der Waals surface area (Å²) in [5, 5.41) is 18.0. The van der Waals surface area contributed by atoms with Gasteiger partial charge in [0.15, 0.2) is 0 Å². The molecule has 21 heavy (non-hydrogen) atoms. The average Bonchev–Trinajstić information content (AvgIpc) is 2.66. The van der Waals surface area contributed by atoms with Crippen molar-refractivity contribution in [2.45, 2.75) is 33.7 Å². The van der Waals surface area contributed by atoms with E-state index in [2.05, 4.69) is 15.1 Å². The van der Waals surface area contributed by atoms with Crippen LogP contribution in [0.5, 0.6) is 0 Å². The first-order chi connectivity index (χ1) is 9.82. The van der Waals surface area contributed by atoms with Crippen LogP contribution in [0.3, 0.4) is 0 Å². The average molecular weight is 319 g/mol. The smallest absolute Gasteiger partial charge is 0.333 e. The van der Waals surface area contributed by atoms with Crippen LogP contribution in [-0.4, -0.2) is 42.0 Å². The lowest BCUT2D eigenvalue weighted by Gasteiger charge is -2.09. The number of rotatable bonds is 9. The van der Waals surface area contributed by atoms with Gasteiger partial charge in [-0.15, -0.1) is 0 Å². The van der Waals surface area contributed by atoms with Crippen molar-refractivity contribution in [1.82, 2.24) is 14.5 Å². The van der Waals surface area contributed by atoms with Crippen LogP contribution >= 0.6 is 0 Å². The molecule has 2 N–H and O–H groups in total. The molecule has 0 saturated carbocycles. The third kappa shape index (κ3) is 4.67. The molecule has 0 bridgehead atoms. The lowest BCUT2D eigenvalue weighted by molar-refractivity contribution is -0.384. The van der Waals surface area contributed by atoms with Gasteiger partial charge in [-0.2, -0.15) is 5.10 Å². The number of nitrogens with one attached hydrogen (secondary N) is 2. The molecule has 0 aliphatic carbocycles. The lowest BCUT2D eigenvalue weighted by Crippen LogP contribution is -2.29. The Kier molecular flexibility index (Phi) is 6.09. The summed E-state index contributed by atoms with van der Waals surface area (Å²) in [5.41, 5.74) is 0.204. The van der Waals surface area contributed by atoms with Crippen molar-refractivity contribution < 1.29 is 13.3 Å². The van der Waals surface area contributed by atoms with Gasteiger partial charge in [-0.05, 0) is 13.3 Å². The summed E-state index contributed by atoms with van der Waals surface area (Å²) >= 11 is 0. The molecule has 120 valence electrons. The molecular formula is C11H21N5O4S. The van der Waals surface area contributed by atoms with Gasteiger partial charge in [-0.25, -0.2) is 17.8 Å². The minimum atomic E-state index is -3.37. The molecular weight excluding hydrogens is 298 g/mol. The molecule has 0 spiro atoms. The topological polar surface area (TPSA) is 119 Å². The van der Waals surface area contributed by atoms with Crippen LogP contribution in [0.15, 0.2) is 0 Å². The Hall–Kier alpha value is -1.68. The minimum absolute atomic E-state index is 0.0744. The maximum atomic E-state index is 11.5. The fraction of sp³-hybridized carbons (Fsp3) is 0.727. The molecule has 0 amide bonds. The van der Waals surface area contributed by atoms with Gasteiger partial charge >= 0.3 is 5.69 Å². The fourth-order valence-corrected chi connectivity index (χ4v) is 2.89. The Morgan fingerprint density at radius 3 is 2.57 bits per heavy atom. The number of hydrogen-bond acceptors (Lipinski definition) is 6. The van der Waals surface area contributed by atoms with E-state index in [4.69, 9.17) is 0 Å². The summed E-state index contributed by atoms with van der Waals surface area (Å²) in [5.74, 6) is 0.0972.